The van der Waals surface area contributed by atoms with Crippen molar-refractivity contribution in [3.05, 3.63) is 0 Å². The van der Waals surface area contributed by atoms with Crippen LogP contribution in [-0.4, -0.2) is 59.0 Å². The van der Waals surface area contributed by atoms with Crippen LogP contribution in [-0.2, 0) is 9.59 Å². The van der Waals surface area contributed by atoms with E-state index in [9.17, 15) is 9.59 Å². The zero-order valence-corrected chi connectivity index (χ0v) is 12.2. The van der Waals surface area contributed by atoms with Gasteiger partial charge in [-0.15, -0.1) is 0 Å². The van der Waals surface area contributed by atoms with Gasteiger partial charge in [0.2, 0.25) is 5.91 Å². The first-order valence-electron chi connectivity index (χ1n) is 7.90. The van der Waals surface area contributed by atoms with Gasteiger partial charge in [0, 0.05) is 19.1 Å². The number of hydrogen-bond acceptors (Lipinski definition) is 3. The highest BCUT2D eigenvalue weighted by Crippen LogP contribution is 2.23. The average molecular weight is 282 g/mol. The van der Waals surface area contributed by atoms with Gasteiger partial charge >= 0.3 is 5.97 Å². The summed E-state index contributed by atoms with van der Waals surface area (Å²) in [6, 6.07) is 0.280. The zero-order valence-electron chi connectivity index (χ0n) is 12.2. The Morgan fingerprint density at radius 3 is 2.10 bits per heavy atom. The Morgan fingerprint density at radius 2 is 1.55 bits per heavy atom. The van der Waals surface area contributed by atoms with E-state index in [1.807, 2.05) is 9.80 Å². The summed E-state index contributed by atoms with van der Waals surface area (Å²) in [7, 11) is 0. The molecule has 1 saturated heterocycles. The van der Waals surface area contributed by atoms with Crippen LogP contribution in [0, 0.1) is 0 Å². The van der Waals surface area contributed by atoms with Crippen LogP contribution in [0.25, 0.3) is 0 Å². The number of carbonyl (C=O) groups excluding carboxylic acids is 1. The first kappa shape index (κ1) is 15.3. The maximum Gasteiger partial charge on any atom is 0.317 e. The summed E-state index contributed by atoms with van der Waals surface area (Å²) < 4.78 is 0. The van der Waals surface area contributed by atoms with E-state index in [0.29, 0.717) is 0 Å². The Hall–Kier alpha value is -1.10. The summed E-state index contributed by atoms with van der Waals surface area (Å²) >= 11 is 0. The summed E-state index contributed by atoms with van der Waals surface area (Å²) in [4.78, 5) is 27.2. The van der Waals surface area contributed by atoms with Gasteiger partial charge in [0.05, 0.1) is 13.1 Å². The van der Waals surface area contributed by atoms with Crippen molar-refractivity contribution >= 4 is 11.9 Å². The lowest BCUT2D eigenvalue weighted by Gasteiger charge is -2.29. The Bertz CT molecular complexity index is 332. The van der Waals surface area contributed by atoms with Gasteiger partial charge in [-0.1, -0.05) is 25.7 Å². The number of carbonyl (C=O) groups is 2. The minimum Gasteiger partial charge on any atom is -0.480 e. The van der Waals surface area contributed by atoms with Crippen LogP contribution in [0.5, 0.6) is 0 Å². The Labute approximate surface area is 120 Å². The summed E-state index contributed by atoms with van der Waals surface area (Å²) in [5.74, 6) is -0.722. The number of amides is 1. The molecule has 0 aromatic heterocycles. The number of rotatable bonds is 5. The third-order valence-corrected chi connectivity index (χ3v) is 4.48. The Balaban J connectivity index is 1.91. The highest BCUT2D eigenvalue weighted by Gasteiger charge is 2.27. The third kappa shape index (κ3) is 4.47. The minimum atomic E-state index is -0.833. The zero-order chi connectivity index (χ0) is 14.4. The predicted octanol–water partition coefficient (Wildman–Crippen LogP) is 1.72. The van der Waals surface area contributed by atoms with Crippen molar-refractivity contribution in [1.29, 1.82) is 0 Å². The van der Waals surface area contributed by atoms with Crippen LogP contribution >= 0.6 is 0 Å². The van der Waals surface area contributed by atoms with Gasteiger partial charge in [-0.25, -0.2) is 0 Å². The SMILES string of the molecule is O=C(O)CN(CC(=O)N1CCCCCC1)C1CCCC1. The molecule has 0 spiro atoms. The van der Waals surface area contributed by atoms with Crippen LogP contribution < -0.4 is 0 Å². The van der Waals surface area contributed by atoms with Crippen molar-refractivity contribution in [3.8, 4) is 0 Å². The monoisotopic (exact) mass is 282 g/mol. The maximum atomic E-state index is 12.4. The van der Waals surface area contributed by atoms with Gasteiger partial charge in [-0.3, -0.25) is 14.5 Å². The van der Waals surface area contributed by atoms with Crippen LogP contribution in [0.15, 0.2) is 0 Å². The molecule has 1 N–H and O–H groups in total. The van der Waals surface area contributed by atoms with Crippen molar-refractivity contribution in [2.24, 2.45) is 0 Å². The molecule has 2 aliphatic rings. The second-order valence-corrected chi connectivity index (χ2v) is 6.03. The van der Waals surface area contributed by atoms with Crippen molar-refractivity contribution in [2.45, 2.75) is 57.4 Å². The highest BCUT2D eigenvalue weighted by atomic mass is 16.4. The van der Waals surface area contributed by atoms with Gasteiger partial charge in [-0.2, -0.15) is 0 Å². The van der Waals surface area contributed by atoms with E-state index >= 15 is 0 Å². The lowest BCUT2D eigenvalue weighted by Crippen LogP contribution is -2.46. The molecule has 0 bridgehead atoms. The van der Waals surface area contributed by atoms with E-state index in [0.717, 1.165) is 51.6 Å². The van der Waals surface area contributed by atoms with E-state index < -0.39 is 5.97 Å². The normalized spacial score (nSPS) is 21.1. The molecule has 0 aromatic rings. The van der Waals surface area contributed by atoms with E-state index in [2.05, 4.69) is 0 Å². The quantitative estimate of drug-likeness (QED) is 0.834. The molecular formula is C15H26N2O3. The minimum absolute atomic E-state index is 0.00968. The highest BCUT2D eigenvalue weighted by molar-refractivity contribution is 5.79. The van der Waals surface area contributed by atoms with E-state index in [1.54, 1.807) is 0 Å². The van der Waals surface area contributed by atoms with Crippen LogP contribution in [0.2, 0.25) is 0 Å². The van der Waals surface area contributed by atoms with Gasteiger partial charge in [0.25, 0.3) is 0 Å². The molecule has 5 heteroatoms. The molecule has 1 amide bonds. The molecule has 0 unspecified atom stereocenters. The average Bonchev–Trinajstić information content (AvgIpc) is 2.79. The number of carboxylic acids is 1. The second kappa shape index (κ2) is 7.62. The smallest absolute Gasteiger partial charge is 0.317 e. The first-order chi connectivity index (χ1) is 9.66. The molecule has 1 aliphatic heterocycles. The molecule has 1 aliphatic carbocycles. The third-order valence-electron chi connectivity index (χ3n) is 4.48. The lowest BCUT2D eigenvalue weighted by molar-refractivity contribution is -0.140. The van der Waals surface area contributed by atoms with Crippen molar-refractivity contribution in [1.82, 2.24) is 9.80 Å². The van der Waals surface area contributed by atoms with E-state index in [4.69, 9.17) is 5.11 Å². The number of likely N-dealkylation sites (tertiary alicyclic amines) is 1. The fraction of sp³-hybridized carbons (Fsp3) is 0.867. The predicted molar refractivity (Wildman–Crippen MR) is 76.5 cm³/mol. The van der Waals surface area contributed by atoms with Gasteiger partial charge in [0.15, 0.2) is 0 Å². The fourth-order valence-electron chi connectivity index (χ4n) is 3.35. The molecule has 20 heavy (non-hydrogen) atoms. The Morgan fingerprint density at radius 1 is 0.950 bits per heavy atom. The van der Waals surface area contributed by atoms with Gasteiger partial charge in [-0.05, 0) is 25.7 Å². The van der Waals surface area contributed by atoms with Gasteiger partial charge in [0.1, 0.15) is 0 Å². The maximum absolute atomic E-state index is 12.4. The van der Waals surface area contributed by atoms with Crippen LogP contribution in [0.1, 0.15) is 51.4 Å². The lowest BCUT2D eigenvalue weighted by atomic mass is 10.2. The van der Waals surface area contributed by atoms with Crippen LogP contribution in [0.3, 0.4) is 0 Å². The molecule has 5 nitrogen and oxygen atoms in total. The second-order valence-electron chi connectivity index (χ2n) is 6.03. The topological polar surface area (TPSA) is 60.9 Å². The number of aliphatic carboxylic acids is 1. The number of hydrogen-bond donors (Lipinski definition) is 1. The van der Waals surface area contributed by atoms with Crippen molar-refractivity contribution < 1.29 is 14.7 Å². The molecule has 1 saturated carbocycles. The molecule has 0 radical (unpaired) electrons. The van der Waals surface area contributed by atoms with Gasteiger partial charge < -0.3 is 10.0 Å². The molecule has 0 atom stereocenters. The largest absolute Gasteiger partial charge is 0.480 e. The van der Waals surface area contributed by atoms with E-state index in [1.165, 1.54) is 12.8 Å². The van der Waals surface area contributed by atoms with Crippen molar-refractivity contribution in [3.63, 3.8) is 0 Å². The molecular weight excluding hydrogens is 256 g/mol. The molecule has 0 aromatic carbocycles. The summed E-state index contributed by atoms with van der Waals surface area (Å²) in [5, 5.41) is 9.05. The first-order valence-corrected chi connectivity index (χ1v) is 7.90. The number of nitrogens with zero attached hydrogens (tertiary/aromatic N) is 2. The van der Waals surface area contributed by atoms with E-state index in [-0.39, 0.29) is 25.0 Å². The standard InChI is InChI=1S/C15H26N2O3/c18-14(16-9-5-1-2-6-10-16)11-17(12-15(19)20)13-7-3-4-8-13/h13H,1-12H2,(H,19,20). The van der Waals surface area contributed by atoms with Crippen LogP contribution in [0.4, 0.5) is 0 Å². The summed E-state index contributed by atoms with van der Waals surface area (Å²) in [5.41, 5.74) is 0. The number of carboxylic acid groups (broad SMARTS) is 1. The summed E-state index contributed by atoms with van der Waals surface area (Å²) in [6.07, 6.45) is 8.91. The molecule has 2 fully saturated rings. The summed E-state index contributed by atoms with van der Waals surface area (Å²) in [6.45, 7) is 1.94. The molecule has 114 valence electrons. The molecule has 1 heterocycles. The molecule has 2 rings (SSSR count). The Kier molecular flexibility index (Phi) is 5.83. The fourth-order valence-corrected chi connectivity index (χ4v) is 3.35. The van der Waals surface area contributed by atoms with Crippen molar-refractivity contribution in [2.75, 3.05) is 26.2 Å².